The van der Waals surface area contributed by atoms with E-state index in [1.807, 2.05) is 13.0 Å². The molecule has 0 aliphatic carbocycles. The van der Waals surface area contributed by atoms with Crippen LogP contribution >= 0.6 is 0 Å². The van der Waals surface area contributed by atoms with Gasteiger partial charge in [-0.05, 0) is 39.3 Å². The molecule has 0 aliphatic rings. The molecule has 0 radical (unpaired) electrons. The van der Waals surface area contributed by atoms with Crippen molar-refractivity contribution in [1.29, 1.82) is 0 Å². The number of amides is 3. The molecule has 0 saturated heterocycles. The summed E-state index contributed by atoms with van der Waals surface area (Å²) in [6, 6.07) is 4.80. The topological polar surface area (TPSA) is 87.7 Å². The van der Waals surface area contributed by atoms with Crippen LogP contribution in [0.1, 0.15) is 38.0 Å². The van der Waals surface area contributed by atoms with Gasteiger partial charge >= 0.3 is 6.03 Å². The molecule has 0 aliphatic heterocycles. The Morgan fingerprint density at radius 1 is 1.33 bits per heavy atom. The first kappa shape index (κ1) is 17.0. The van der Waals surface area contributed by atoms with Gasteiger partial charge in [-0.15, -0.1) is 0 Å². The summed E-state index contributed by atoms with van der Waals surface area (Å²) < 4.78 is 5.58. The molecule has 1 aromatic carbocycles. The van der Waals surface area contributed by atoms with Crippen molar-refractivity contribution in [1.82, 2.24) is 10.6 Å². The Kier molecular flexibility index (Phi) is 6.17. The molecule has 0 aromatic heterocycles. The first-order valence-electron chi connectivity index (χ1n) is 6.89. The minimum atomic E-state index is -0.855. The molecule has 0 bridgehead atoms. The smallest absolute Gasteiger partial charge is 0.321 e. The van der Waals surface area contributed by atoms with Crippen molar-refractivity contribution in [3.8, 4) is 5.75 Å². The van der Waals surface area contributed by atoms with Gasteiger partial charge in [0.15, 0.2) is 6.10 Å². The van der Waals surface area contributed by atoms with E-state index in [0.29, 0.717) is 17.9 Å². The molecular weight excluding hydrogens is 272 g/mol. The minimum Gasteiger partial charge on any atom is -0.480 e. The number of rotatable bonds is 5. The number of ether oxygens (including phenoxy) is 1. The maximum Gasteiger partial charge on any atom is 0.321 e. The number of hydrogen-bond donors (Lipinski definition) is 3. The third kappa shape index (κ3) is 5.07. The molecule has 0 saturated carbocycles. The summed E-state index contributed by atoms with van der Waals surface area (Å²) in [5.74, 6) is -0.109. The SMILES string of the molecule is CCNC(=O)NC(=O)C(C)Oc1cc(C)ccc1[C@H](C)O. The summed E-state index contributed by atoms with van der Waals surface area (Å²) in [5.41, 5.74) is 1.55. The molecule has 3 amide bonds. The average Bonchev–Trinajstić information content (AvgIpc) is 2.38. The molecule has 0 heterocycles. The van der Waals surface area contributed by atoms with Crippen LogP contribution in [0.15, 0.2) is 18.2 Å². The minimum absolute atomic E-state index is 0.429. The Morgan fingerprint density at radius 2 is 2.00 bits per heavy atom. The molecule has 116 valence electrons. The van der Waals surface area contributed by atoms with Crippen molar-refractivity contribution in [3.63, 3.8) is 0 Å². The van der Waals surface area contributed by atoms with E-state index >= 15 is 0 Å². The van der Waals surface area contributed by atoms with Crippen LogP contribution in [0.5, 0.6) is 5.75 Å². The summed E-state index contributed by atoms with van der Waals surface area (Å²) in [5, 5.41) is 14.4. The number of nitrogens with one attached hydrogen (secondary N) is 2. The first-order valence-corrected chi connectivity index (χ1v) is 6.89. The Bertz CT molecular complexity index is 514. The van der Waals surface area contributed by atoms with E-state index in [0.717, 1.165) is 5.56 Å². The van der Waals surface area contributed by atoms with E-state index in [2.05, 4.69) is 10.6 Å². The molecule has 3 N–H and O–H groups in total. The lowest BCUT2D eigenvalue weighted by atomic mass is 10.1. The van der Waals surface area contributed by atoms with Crippen molar-refractivity contribution < 1.29 is 19.4 Å². The Balaban J connectivity index is 2.78. The fourth-order valence-electron chi connectivity index (χ4n) is 1.75. The van der Waals surface area contributed by atoms with Gasteiger partial charge in [0.25, 0.3) is 5.91 Å². The standard InChI is InChI=1S/C15H22N2O4/c1-5-16-15(20)17-14(19)11(4)21-13-8-9(2)6-7-12(13)10(3)18/h6-8,10-11,18H,5H2,1-4H3,(H2,16,17,19,20)/t10-,11?/m0/s1. The fourth-order valence-corrected chi connectivity index (χ4v) is 1.75. The van der Waals surface area contributed by atoms with Crippen LogP contribution in [0.25, 0.3) is 0 Å². The van der Waals surface area contributed by atoms with Gasteiger partial charge in [0.1, 0.15) is 5.75 Å². The molecule has 1 aromatic rings. The lowest BCUT2D eigenvalue weighted by Crippen LogP contribution is -2.45. The Morgan fingerprint density at radius 3 is 2.57 bits per heavy atom. The highest BCUT2D eigenvalue weighted by atomic mass is 16.5. The highest BCUT2D eigenvalue weighted by Crippen LogP contribution is 2.27. The quantitative estimate of drug-likeness (QED) is 0.770. The van der Waals surface area contributed by atoms with E-state index in [-0.39, 0.29) is 0 Å². The predicted molar refractivity (Wildman–Crippen MR) is 79.1 cm³/mol. The maximum absolute atomic E-state index is 11.8. The number of carbonyl (C=O) groups excluding carboxylic acids is 2. The first-order chi connectivity index (χ1) is 9.85. The van der Waals surface area contributed by atoms with Gasteiger partial charge in [0.05, 0.1) is 6.10 Å². The van der Waals surface area contributed by atoms with E-state index in [1.165, 1.54) is 0 Å². The lowest BCUT2D eigenvalue weighted by molar-refractivity contribution is -0.126. The number of urea groups is 1. The second-order valence-corrected chi connectivity index (χ2v) is 4.83. The number of benzene rings is 1. The third-order valence-electron chi connectivity index (χ3n) is 2.87. The van der Waals surface area contributed by atoms with Crippen molar-refractivity contribution in [2.24, 2.45) is 0 Å². The van der Waals surface area contributed by atoms with Gasteiger partial charge in [-0.25, -0.2) is 4.79 Å². The second kappa shape index (κ2) is 7.64. The number of imide groups is 1. The molecule has 0 fully saturated rings. The highest BCUT2D eigenvalue weighted by Gasteiger charge is 2.19. The molecule has 2 atom stereocenters. The fraction of sp³-hybridized carbons (Fsp3) is 0.467. The zero-order valence-corrected chi connectivity index (χ0v) is 12.8. The molecule has 1 unspecified atom stereocenters. The molecular formula is C15H22N2O4. The van der Waals surface area contributed by atoms with Gasteiger partial charge in [-0.3, -0.25) is 10.1 Å². The van der Waals surface area contributed by atoms with Crippen LogP contribution in [0.2, 0.25) is 0 Å². The molecule has 0 spiro atoms. The van der Waals surface area contributed by atoms with Gasteiger partial charge in [0, 0.05) is 12.1 Å². The molecule has 1 rings (SSSR count). The number of carbonyl (C=O) groups is 2. The van der Waals surface area contributed by atoms with Crippen LogP contribution in [-0.4, -0.2) is 29.7 Å². The summed E-state index contributed by atoms with van der Waals surface area (Å²) in [7, 11) is 0. The van der Waals surface area contributed by atoms with Crippen LogP contribution in [-0.2, 0) is 4.79 Å². The van der Waals surface area contributed by atoms with Crippen LogP contribution in [0.3, 0.4) is 0 Å². The van der Waals surface area contributed by atoms with Gasteiger partial charge in [-0.1, -0.05) is 12.1 Å². The monoisotopic (exact) mass is 294 g/mol. The van der Waals surface area contributed by atoms with E-state index in [9.17, 15) is 14.7 Å². The zero-order chi connectivity index (χ0) is 16.0. The summed E-state index contributed by atoms with van der Waals surface area (Å²) in [6.07, 6.45) is -1.56. The van der Waals surface area contributed by atoms with E-state index in [1.54, 1.807) is 32.9 Å². The van der Waals surface area contributed by atoms with Crippen LogP contribution in [0, 0.1) is 6.92 Å². The summed E-state index contributed by atoms with van der Waals surface area (Å²) in [6.45, 7) is 7.24. The van der Waals surface area contributed by atoms with Gasteiger partial charge in [0.2, 0.25) is 0 Å². The maximum atomic E-state index is 11.8. The molecule has 6 heteroatoms. The van der Waals surface area contributed by atoms with Gasteiger partial charge in [-0.2, -0.15) is 0 Å². The second-order valence-electron chi connectivity index (χ2n) is 4.83. The van der Waals surface area contributed by atoms with Gasteiger partial charge < -0.3 is 15.2 Å². The normalized spacial score (nSPS) is 13.2. The molecule has 21 heavy (non-hydrogen) atoms. The number of aliphatic hydroxyl groups is 1. The van der Waals surface area contributed by atoms with Crippen LogP contribution < -0.4 is 15.4 Å². The van der Waals surface area contributed by atoms with E-state index in [4.69, 9.17) is 4.74 Å². The van der Waals surface area contributed by atoms with Crippen molar-refractivity contribution in [2.75, 3.05) is 6.54 Å². The highest BCUT2D eigenvalue weighted by molar-refractivity contribution is 5.96. The zero-order valence-electron chi connectivity index (χ0n) is 12.8. The largest absolute Gasteiger partial charge is 0.480 e. The van der Waals surface area contributed by atoms with Crippen molar-refractivity contribution >= 4 is 11.9 Å². The Hall–Kier alpha value is -2.08. The predicted octanol–water partition coefficient (Wildman–Crippen LogP) is 1.66. The average molecular weight is 294 g/mol. The number of aliphatic hydroxyl groups excluding tert-OH is 1. The van der Waals surface area contributed by atoms with Crippen molar-refractivity contribution in [2.45, 2.75) is 39.9 Å². The lowest BCUT2D eigenvalue weighted by Gasteiger charge is -2.18. The summed E-state index contributed by atoms with van der Waals surface area (Å²) >= 11 is 0. The summed E-state index contributed by atoms with van der Waals surface area (Å²) in [4.78, 5) is 23.1. The Labute approximate surface area is 124 Å². The molecule has 6 nitrogen and oxygen atoms in total. The third-order valence-corrected chi connectivity index (χ3v) is 2.87. The number of hydrogen-bond acceptors (Lipinski definition) is 4. The van der Waals surface area contributed by atoms with E-state index < -0.39 is 24.1 Å². The van der Waals surface area contributed by atoms with Crippen molar-refractivity contribution in [3.05, 3.63) is 29.3 Å². The number of aryl methyl sites for hydroxylation is 1. The van der Waals surface area contributed by atoms with Crippen LogP contribution in [0.4, 0.5) is 4.79 Å².